The highest BCUT2D eigenvalue weighted by molar-refractivity contribution is 6.30. The average Bonchev–Trinajstić information content (AvgIpc) is 2.57. The third-order valence-corrected chi connectivity index (χ3v) is 2.42. The summed E-state index contributed by atoms with van der Waals surface area (Å²) in [6, 6.07) is 4.11. The predicted octanol–water partition coefficient (Wildman–Crippen LogP) is 1.83. The molecule has 0 unspecified atom stereocenters. The fraction of sp³-hybridized carbons (Fsp3) is 0.222. The number of nitrogens with one attached hydrogen (secondary N) is 2. The summed E-state index contributed by atoms with van der Waals surface area (Å²) in [6.07, 6.45) is 0. The van der Waals surface area contributed by atoms with E-state index in [0.717, 1.165) is 0 Å². The first kappa shape index (κ1) is 9.27. The van der Waals surface area contributed by atoms with E-state index in [-0.39, 0.29) is 17.1 Å². The fourth-order valence-electron chi connectivity index (χ4n) is 1.39. The Hall–Kier alpha value is -1.29. The normalized spacial score (nSPS) is 20.4. The van der Waals surface area contributed by atoms with E-state index in [2.05, 4.69) is 10.6 Å². The molecule has 1 fully saturated rings. The van der Waals surface area contributed by atoms with Gasteiger partial charge in [-0.2, -0.15) is 0 Å². The van der Waals surface area contributed by atoms with E-state index in [1.807, 2.05) is 0 Å². The van der Waals surface area contributed by atoms with Crippen molar-refractivity contribution in [1.82, 2.24) is 10.6 Å². The molecule has 1 aliphatic heterocycles. The highest BCUT2D eigenvalue weighted by atomic mass is 35.5. The Morgan fingerprint density at radius 1 is 1.50 bits per heavy atom. The van der Waals surface area contributed by atoms with Crippen molar-refractivity contribution in [2.45, 2.75) is 6.04 Å². The molecule has 1 saturated heterocycles. The maximum absolute atomic E-state index is 13.1. The van der Waals surface area contributed by atoms with Gasteiger partial charge in [-0.15, -0.1) is 0 Å². The molecule has 1 aliphatic rings. The average molecular weight is 215 g/mol. The second-order valence-electron chi connectivity index (χ2n) is 3.08. The lowest BCUT2D eigenvalue weighted by Gasteiger charge is -2.08. The Morgan fingerprint density at radius 2 is 2.29 bits per heavy atom. The number of carbonyl (C=O) groups is 1. The van der Waals surface area contributed by atoms with Crippen LogP contribution in [0.15, 0.2) is 18.2 Å². The smallest absolute Gasteiger partial charge is 0.315 e. The lowest BCUT2D eigenvalue weighted by Crippen LogP contribution is -2.21. The van der Waals surface area contributed by atoms with Gasteiger partial charge in [-0.3, -0.25) is 0 Å². The molecule has 74 valence electrons. The monoisotopic (exact) mass is 214 g/mol. The predicted molar refractivity (Wildman–Crippen MR) is 50.7 cm³/mol. The van der Waals surface area contributed by atoms with Gasteiger partial charge in [0.25, 0.3) is 0 Å². The van der Waals surface area contributed by atoms with E-state index >= 15 is 0 Å². The van der Waals surface area contributed by atoms with Gasteiger partial charge in [-0.1, -0.05) is 17.7 Å². The van der Waals surface area contributed by atoms with Crippen molar-refractivity contribution in [3.63, 3.8) is 0 Å². The van der Waals surface area contributed by atoms with Crippen molar-refractivity contribution in [3.8, 4) is 0 Å². The first-order valence-electron chi connectivity index (χ1n) is 4.16. The van der Waals surface area contributed by atoms with Gasteiger partial charge in [0.15, 0.2) is 0 Å². The van der Waals surface area contributed by atoms with Crippen molar-refractivity contribution in [1.29, 1.82) is 0 Å². The van der Waals surface area contributed by atoms with Gasteiger partial charge < -0.3 is 10.6 Å². The molecule has 5 heteroatoms. The summed E-state index contributed by atoms with van der Waals surface area (Å²) in [6.45, 7) is 0.472. The molecule has 0 radical (unpaired) electrons. The number of amides is 2. The standard InChI is InChI=1S/C9H8ClFN2O/c10-6-2-1-5(3-7(6)11)8-4-12-9(14)13-8/h1-3,8H,4H2,(H2,12,13,14)/t8-/m0/s1. The highest BCUT2D eigenvalue weighted by Gasteiger charge is 2.21. The molecular weight excluding hydrogens is 207 g/mol. The Bertz CT molecular complexity index is 383. The van der Waals surface area contributed by atoms with Crippen molar-refractivity contribution < 1.29 is 9.18 Å². The SMILES string of the molecule is O=C1NC[C@@H](c2ccc(Cl)c(F)c2)N1. The fourth-order valence-corrected chi connectivity index (χ4v) is 1.50. The minimum Gasteiger partial charge on any atom is -0.336 e. The lowest BCUT2D eigenvalue weighted by atomic mass is 10.1. The van der Waals surface area contributed by atoms with Crippen LogP contribution in [0.1, 0.15) is 11.6 Å². The maximum Gasteiger partial charge on any atom is 0.315 e. The number of carbonyl (C=O) groups excluding carboxylic acids is 1. The Labute approximate surface area is 85.3 Å². The maximum atomic E-state index is 13.1. The van der Waals surface area contributed by atoms with Crippen molar-refractivity contribution in [3.05, 3.63) is 34.6 Å². The Morgan fingerprint density at radius 3 is 2.86 bits per heavy atom. The molecule has 1 atom stereocenters. The molecule has 2 rings (SSSR count). The summed E-state index contributed by atoms with van der Waals surface area (Å²) in [5.41, 5.74) is 0.713. The Balaban J connectivity index is 2.24. The van der Waals surface area contributed by atoms with Crippen molar-refractivity contribution >= 4 is 17.6 Å². The van der Waals surface area contributed by atoms with Crippen LogP contribution in [0.5, 0.6) is 0 Å². The molecule has 1 aromatic rings. The van der Waals surface area contributed by atoms with Crippen LogP contribution in [0.4, 0.5) is 9.18 Å². The van der Waals surface area contributed by atoms with E-state index in [4.69, 9.17) is 11.6 Å². The zero-order valence-corrected chi connectivity index (χ0v) is 7.94. The number of hydrogen-bond donors (Lipinski definition) is 2. The number of urea groups is 1. The summed E-state index contributed by atoms with van der Waals surface area (Å²) in [7, 11) is 0. The van der Waals surface area contributed by atoms with Crippen LogP contribution >= 0.6 is 11.6 Å². The molecular formula is C9H8ClFN2O. The molecule has 1 heterocycles. The van der Waals surface area contributed by atoms with Gasteiger partial charge in [-0.25, -0.2) is 9.18 Å². The second kappa shape index (κ2) is 3.46. The molecule has 2 amide bonds. The molecule has 0 aromatic heterocycles. The quantitative estimate of drug-likeness (QED) is 0.736. The van der Waals surface area contributed by atoms with E-state index in [1.54, 1.807) is 6.07 Å². The van der Waals surface area contributed by atoms with Gasteiger partial charge >= 0.3 is 6.03 Å². The molecule has 1 aromatic carbocycles. The van der Waals surface area contributed by atoms with Gasteiger partial charge in [-0.05, 0) is 17.7 Å². The molecule has 2 N–H and O–H groups in total. The first-order chi connectivity index (χ1) is 6.66. The topological polar surface area (TPSA) is 41.1 Å². The van der Waals surface area contributed by atoms with Gasteiger partial charge in [0.1, 0.15) is 5.82 Å². The second-order valence-corrected chi connectivity index (χ2v) is 3.49. The minimum absolute atomic E-state index is 0.0889. The van der Waals surface area contributed by atoms with Crippen LogP contribution in [0, 0.1) is 5.82 Å². The summed E-state index contributed by atoms with van der Waals surface area (Å²) in [4.78, 5) is 10.8. The third kappa shape index (κ3) is 1.65. The van der Waals surface area contributed by atoms with Crippen LogP contribution in [0.25, 0.3) is 0 Å². The van der Waals surface area contributed by atoms with Gasteiger partial charge in [0, 0.05) is 6.54 Å². The number of benzene rings is 1. The zero-order chi connectivity index (χ0) is 10.1. The first-order valence-corrected chi connectivity index (χ1v) is 4.54. The van der Waals surface area contributed by atoms with Crippen LogP contribution in [-0.4, -0.2) is 12.6 Å². The van der Waals surface area contributed by atoms with E-state index in [9.17, 15) is 9.18 Å². The van der Waals surface area contributed by atoms with Crippen molar-refractivity contribution in [2.75, 3.05) is 6.54 Å². The third-order valence-electron chi connectivity index (χ3n) is 2.12. The van der Waals surface area contributed by atoms with E-state index in [0.29, 0.717) is 12.1 Å². The largest absolute Gasteiger partial charge is 0.336 e. The Kier molecular flexibility index (Phi) is 2.29. The molecule has 0 aliphatic carbocycles. The molecule has 14 heavy (non-hydrogen) atoms. The molecule has 0 bridgehead atoms. The minimum atomic E-state index is -0.467. The van der Waals surface area contributed by atoms with E-state index in [1.165, 1.54) is 12.1 Å². The van der Waals surface area contributed by atoms with Crippen LogP contribution in [0.2, 0.25) is 5.02 Å². The van der Waals surface area contributed by atoms with Gasteiger partial charge in [0.05, 0.1) is 11.1 Å². The van der Waals surface area contributed by atoms with Crippen molar-refractivity contribution in [2.24, 2.45) is 0 Å². The number of hydrogen-bond acceptors (Lipinski definition) is 1. The lowest BCUT2D eigenvalue weighted by molar-refractivity contribution is 0.247. The molecule has 0 saturated carbocycles. The van der Waals surface area contributed by atoms with E-state index < -0.39 is 5.82 Å². The van der Waals surface area contributed by atoms with Crippen LogP contribution in [0.3, 0.4) is 0 Å². The van der Waals surface area contributed by atoms with Gasteiger partial charge in [0.2, 0.25) is 0 Å². The number of rotatable bonds is 1. The highest BCUT2D eigenvalue weighted by Crippen LogP contribution is 2.21. The summed E-state index contributed by atoms with van der Waals surface area (Å²) >= 11 is 5.54. The summed E-state index contributed by atoms with van der Waals surface area (Å²) in [5.74, 6) is -0.467. The van der Waals surface area contributed by atoms with Crippen LogP contribution in [-0.2, 0) is 0 Å². The molecule has 0 spiro atoms. The summed E-state index contributed by atoms with van der Waals surface area (Å²) in [5, 5.41) is 5.34. The number of halogens is 2. The molecule has 3 nitrogen and oxygen atoms in total. The zero-order valence-electron chi connectivity index (χ0n) is 7.18. The summed E-state index contributed by atoms with van der Waals surface area (Å²) < 4.78 is 13.1. The van der Waals surface area contributed by atoms with Crippen LogP contribution < -0.4 is 10.6 Å².